The Morgan fingerprint density at radius 1 is 1.33 bits per heavy atom. The van der Waals surface area contributed by atoms with Gasteiger partial charge in [-0.2, -0.15) is 13.2 Å². The number of likely N-dealkylation sites (N-methyl/N-ethyl adjacent to an activating group) is 1. The van der Waals surface area contributed by atoms with E-state index >= 15 is 0 Å². The van der Waals surface area contributed by atoms with Crippen LogP contribution in [0.4, 0.5) is 13.2 Å². The minimum Gasteiger partial charge on any atom is -0.388 e. The number of halogens is 3. The summed E-state index contributed by atoms with van der Waals surface area (Å²) in [7, 11) is 1.50. The molecule has 0 radical (unpaired) electrons. The monoisotopic (exact) mass is 301 g/mol. The molecule has 0 atom stereocenters. The lowest BCUT2D eigenvalue weighted by molar-refractivity contribution is -0.137. The summed E-state index contributed by atoms with van der Waals surface area (Å²) >= 11 is 0. The molecule has 3 nitrogen and oxygen atoms in total. The summed E-state index contributed by atoms with van der Waals surface area (Å²) in [6.07, 6.45) is -1.43. The Hall–Kier alpha value is -1.56. The summed E-state index contributed by atoms with van der Waals surface area (Å²) in [6.45, 7) is 0.141. The second-order valence-corrected chi connectivity index (χ2v) is 5.67. The van der Waals surface area contributed by atoms with Crippen molar-refractivity contribution in [3.63, 3.8) is 0 Å². The molecule has 2 rings (SSSR count). The maximum atomic E-state index is 12.7. The predicted molar refractivity (Wildman–Crippen MR) is 71.8 cm³/mol. The van der Waals surface area contributed by atoms with Crippen LogP contribution in [-0.2, 0) is 6.18 Å². The molecular weight excluding hydrogens is 283 g/mol. The Bertz CT molecular complexity index is 522. The van der Waals surface area contributed by atoms with Crippen molar-refractivity contribution < 1.29 is 23.1 Å². The molecule has 1 N–H and O–H groups in total. The van der Waals surface area contributed by atoms with Crippen molar-refractivity contribution in [2.45, 2.75) is 37.5 Å². The highest BCUT2D eigenvalue weighted by molar-refractivity contribution is 5.94. The quantitative estimate of drug-likeness (QED) is 0.932. The van der Waals surface area contributed by atoms with Crippen LogP contribution in [-0.4, -0.2) is 35.1 Å². The second-order valence-electron chi connectivity index (χ2n) is 5.67. The average molecular weight is 301 g/mol. The molecule has 6 heteroatoms. The first-order chi connectivity index (χ1) is 9.71. The van der Waals surface area contributed by atoms with E-state index in [4.69, 9.17) is 0 Å². The summed E-state index contributed by atoms with van der Waals surface area (Å²) in [5, 5.41) is 10.3. The van der Waals surface area contributed by atoms with E-state index in [2.05, 4.69) is 0 Å². The molecule has 1 aliphatic rings. The number of carbonyl (C=O) groups excluding carboxylic acids is 1. The van der Waals surface area contributed by atoms with Crippen LogP contribution in [0.2, 0.25) is 0 Å². The number of amides is 1. The zero-order valence-corrected chi connectivity index (χ0v) is 11.8. The molecule has 1 saturated carbocycles. The fourth-order valence-corrected chi connectivity index (χ4v) is 2.75. The third kappa shape index (κ3) is 3.75. The van der Waals surface area contributed by atoms with Crippen LogP contribution in [0.3, 0.4) is 0 Å². The summed E-state index contributed by atoms with van der Waals surface area (Å²) in [4.78, 5) is 13.5. The Morgan fingerprint density at radius 2 is 1.95 bits per heavy atom. The Kier molecular flexibility index (Phi) is 4.27. The number of nitrogens with zero attached hydrogens (tertiary/aromatic N) is 1. The summed E-state index contributed by atoms with van der Waals surface area (Å²) in [5.41, 5.74) is -1.78. The predicted octanol–water partition coefficient (Wildman–Crippen LogP) is 3.08. The molecule has 0 unspecified atom stereocenters. The molecule has 0 saturated heterocycles. The molecule has 1 aliphatic carbocycles. The second kappa shape index (κ2) is 5.67. The average Bonchev–Trinajstić information content (AvgIpc) is 2.83. The van der Waals surface area contributed by atoms with Crippen molar-refractivity contribution >= 4 is 5.91 Å². The molecule has 0 aromatic heterocycles. The van der Waals surface area contributed by atoms with Gasteiger partial charge in [0.2, 0.25) is 0 Å². The van der Waals surface area contributed by atoms with Gasteiger partial charge in [0, 0.05) is 19.2 Å². The molecule has 21 heavy (non-hydrogen) atoms. The van der Waals surface area contributed by atoms with Crippen molar-refractivity contribution in [1.29, 1.82) is 0 Å². The van der Waals surface area contributed by atoms with E-state index < -0.39 is 23.2 Å². The third-order valence-corrected chi connectivity index (χ3v) is 3.85. The van der Waals surface area contributed by atoms with Crippen molar-refractivity contribution in [2.24, 2.45) is 0 Å². The van der Waals surface area contributed by atoms with Crippen LogP contribution >= 0.6 is 0 Å². The lowest BCUT2D eigenvalue weighted by Gasteiger charge is -2.28. The Labute approximate surface area is 121 Å². The van der Waals surface area contributed by atoms with Crippen molar-refractivity contribution in [1.82, 2.24) is 4.90 Å². The van der Waals surface area contributed by atoms with Crippen molar-refractivity contribution in [3.05, 3.63) is 35.4 Å². The van der Waals surface area contributed by atoms with Crippen LogP contribution < -0.4 is 0 Å². The van der Waals surface area contributed by atoms with Crippen LogP contribution in [0.5, 0.6) is 0 Å². The van der Waals surface area contributed by atoms with E-state index in [0.717, 1.165) is 25.0 Å². The molecule has 1 fully saturated rings. The molecule has 0 heterocycles. The van der Waals surface area contributed by atoms with Crippen molar-refractivity contribution in [3.8, 4) is 0 Å². The topological polar surface area (TPSA) is 40.5 Å². The van der Waals surface area contributed by atoms with E-state index in [1.54, 1.807) is 0 Å². The van der Waals surface area contributed by atoms with Crippen molar-refractivity contribution in [2.75, 3.05) is 13.6 Å². The highest BCUT2D eigenvalue weighted by atomic mass is 19.4. The highest BCUT2D eigenvalue weighted by Gasteiger charge is 2.34. The minimum absolute atomic E-state index is 0.0195. The van der Waals surface area contributed by atoms with Gasteiger partial charge in [0.1, 0.15) is 0 Å². The van der Waals surface area contributed by atoms with Gasteiger partial charge < -0.3 is 10.0 Å². The van der Waals surface area contributed by atoms with Gasteiger partial charge >= 0.3 is 6.18 Å². The van der Waals surface area contributed by atoms with E-state index in [-0.39, 0.29) is 12.1 Å². The fourth-order valence-electron chi connectivity index (χ4n) is 2.75. The lowest BCUT2D eigenvalue weighted by atomic mass is 10.0. The van der Waals surface area contributed by atoms with Crippen LogP contribution in [0.25, 0.3) is 0 Å². The van der Waals surface area contributed by atoms with Gasteiger partial charge in [-0.25, -0.2) is 0 Å². The first kappa shape index (κ1) is 15.8. The molecule has 0 aliphatic heterocycles. The normalized spacial score (nSPS) is 17.8. The van der Waals surface area contributed by atoms with E-state index in [0.29, 0.717) is 12.8 Å². The van der Waals surface area contributed by atoms with E-state index in [9.17, 15) is 23.1 Å². The first-order valence-corrected chi connectivity index (χ1v) is 6.86. The van der Waals surface area contributed by atoms with Crippen LogP contribution in [0.1, 0.15) is 41.6 Å². The van der Waals surface area contributed by atoms with Gasteiger partial charge in [0.15, 0.2) is 0 Å². The fraction of sp³-hybridized carbons (Fsp3) is 0.533. The maximum Gasteiger partial charge on any atom is 0.416 e. The number of rotatable bonds is 3. The zero-order chi connectivity index (χ0) is 15.7. The van der Waals surface area contributed by atoms with Crippen LogP contribution in [0, 0.1) is 0 Å². The summed E-state index contributed by atoms with van der Waals surface area (Å²) in [5.74, 6) is -0.513. The van der Waals surface area contributed by atoms with Gasteiger partial charge in [-0.05, 0) is 31.0 Å². The number of alkyl halides is 3. The number of benzene rings is 1. The summed E-state index contributed by atoms with van der Waals surface area (Å²) < 4.78 is 38.0. The third-order valence-electron chi connectivity index (χ3n) is 3.85. The SMILES string of the molecule is CN(CC1(O)CCCC1)C(=O)c1cccc(C(F)(F)F)c1. The van der Waals surface area contributed by atoms with Gasteiger partial charge in [-0.15, -0.1) is 0 Å². The van der Waals surface area contributed by atoms with E-state index in [1.807, 2.05) is 0 Å². The van der Waals surface area contributed by atoms with Gasteiger partial charge in [0.25, 0.3) is 5.91 Å². The van der Waals surface area contributed by atoms with Gasteiger partial charge in [-0.3, -0.25) is 4.79 Å². The highest BCUT2D eigenvalue weighted by Crippen LogP contribution is 2.31. The molecular formula is C15H18F3NO2. The minimum atomic E-state index is -4.47. The standard InChI is InChI=1S/C15H18F3NO2/c1-19(10-14(21)7-2-3-8-14)13(20)11-5-4-6-12(9-11)15(16,17)18/h4-6,9,21H,2-3,7-8,10H2,1H3. The largest absolute Gasteiger partial charge is 0.416 e. The first-order valence-electron chi connectivity index (χ1n) is 6.86. The maximum absolute atomic E-state index is 12.7. The van der Waals surface area contributed by atoms with Crippen LogP contribution in [0.15, 0.2) is 24.3 Å². The summed E-state index contributed by atoms with van der Waals surface area (Å²) in [6, 6.07) is 4.35. The zero-order valence-electron chi connectivity index (χ0n) is 11.8. The number of hydrogen-bond acceptors (Lipinski definition) is 2. The molecule has 1 amide bonds. The molecule has 1 aromatic carbocycles. The smallest absolute Gasteiger partial charge is 0.388 e. The van der Waals surface area contributed by atoms with Gasteiger partial charge in [0.05, 0.1) is 11.2 Å². The number of carbonyl (C=O) groups is 1. The number of hydrogen-bond donors (Lipinski definition) is 1. The van der Waals surface area contributed by atoms with Gasteiger partial charge in [-0.1, -0.05) is 18.9 Å². The Morgan fingerprint density at radius 3 is 2.52 bits per heavy atom. The van der Waals surface area contributed by atoms with E-state index in [1.165, 1.54) is 24.1 Å². The lowest BCUT2D eigenvalue weighted by Crippen LogP contribution is -2.42. The molecule has 1 aromatic rings. The number of aliphatic hydroxyl groups is 1. The molecule has 0 bridgehead atoms. The Balaban J connectivity index is 2.12. The molecule has 0 spiro atoms. The molecule has 116 valence electrons.